The summed E-state index contributed by atoms with van der Waals surface area (Å²) in [6, 6.07) is 5.17. The van der Waals surface area contributed by atoms with Gasteiger partial charge in [-0.05, 0) is 44.4 Å². The molecule has 0 saturated carbocycles. The minimum atomic E-state index is -0.371. The Hall–Kier alpha value is -3.00. The highest BCUT2D eigenvalue weighted by Gasteiger charge is 2.22. The van der Waals surface area contributed by atoms with Crippen molar-refractivity contribution in [3.63, 3.8) is 0 Å². The van der Waals surface area contributed by atoms with Gasteiger partial charge in [-0.3, -0.25) is 19.4 Å². The van der Waals surface area contributed by atoms with Crippen molar-refractivity contribution in [1.29, 1.82) is 5.41 Å². The molecule has 3 aromatic heterocycles. The smallest absolute Gasteiger partial charge is 0.267 e. The van der Waals surface area contributed by atoms with Crippen LogP contribution in [0.1, 0.15) is 35.7 Å². The molecular weight excluding hydrogens is 358 g/mol. The SMILES string of the molecule is CCNC(=O)c1cc2c(=O)n3cccc(C)c3nc2n(C[C@@H]2CCCO2)c1=N. The van der Waals surface area contributed by atoms with E-state index >= 15 is 0 Å². The normalized spacial score (nSPS) is 16.7. The molecule has 146 valence electrons. The predicted molar refractivity (Wildman–Crippen MR) is 105 cm³/mol. The number of fused-ring (bicyclic) bond motifs is 2. The molecule has 3 aromatic rings. The van der Waals surface area contributed by atoms with Crippen LogP contribution in [0.3, 0.4) is 0 Å². The molecule has 1 aliphatic heterocycles. The largest absolute Gasteiger partial charge is 0.376 e. The topological polar surface area (TPSA) is 101 Å². The zero-order valence-electron chi connectivity index (χ0n) is 16.0. The Bertz CT molecular complexity index is 1190. The molecule has 1 atom stereocenters. The van der Waals surface area contributed by atoms with Crippen LogP contribution in [0.15, 0.2) is 29.2 Å². The van der Waals surface area contributed by atoms with Crippen LogP contribution in [-0.4, -0.2) is 39.1 Å². The van der Waals surface area contributed by atoms with Crippen LogP contribution in [0.25, 0.3) is 16.7 Å². The zero-order valence-corrected chi connectivity index (χ0v) is 16.0. The van der Waals surface area contributed by atoms with E-state index in [-0.39, 0.29) is 28.6 Å². The summed E-state index contributed by atoms with van der Waals surface area (Å²) in [7, 11) is 0. The minimum absolute atomic E-state index is 0.0405. The lowest BCUT2D eigenvalue weighted by Crippen LogP contribution is -2.36. The summed E-state index contributed by atoms with van der Waals surface area (Å²) in [4.78, 5) is 30.4. The summed E-state index contributed by atoms with van der Waals surface area (Å²) >= 11 is 0. The third kappa shape index (κ3) is 2.99. The Morgan fingerprint density at radius 2 is 2.25 bits per heavy atom. The van der Waals surface area contributed by atoms with E-state index in [2.05, 4.69) is 5.32 Å². The first kappa shape index (κ1) is 18.4. The number of aromatic nitrogens is 3. The van der Waals surface area contributed by atoms with Crippen molar-refractivity contribution < 1.29 is 9.53 Å². The molecule has 1 aliphatic rings. The number of amides is 1. The highest BCUT2D eigenvalue weighted by atomic mass is 16.5. The van der Waals surface area contributed by atoms with Crippen molar-refractivity contribution in [2.45, 2.75) is 39.3 Å². The van der Waals surface area contributed by atoms with Crippen LogP contribution in [0, 0.1) is 12.3 Å². The Morgan fingerprint density at radius 3 is 2.96 bits per heavy atom. The molecule has 0 aromatic carbocycles. The van der Waals surface area contributed by atoms with Crippen LogP contribution in [0.2, 0.25) is 0 Å². The maximum atomic E-state index is 13.2. The average molecular weight is 381 g/mol. The van der Waals surface area contributed by atoms with Crippen molar-refractivity contribution in [3.8, 4) is 0 Å². The fourth-order valence-electron chi connectivity index (χ4n) is 3.70. The second kappa shape index (κ2) is 7.20. The number of hydrogen-bond acceptors (Lipinski definition) is 5. The van der Waals surface area contributed by atoms with Gasteiger partial charge in [-0.1, -0.05) is 6.07 Å². The average Bonchev–Trinajstić information content (AvgIpc) is 3.18. The van der Waals surface area contributed by atoms with E-state index in [9.17, 15) is 9.59 Å². The summed E-state index contributed by atoms with van der Waals surface area (Å²) in [6.45, 7) is 5.22. The summed E-state index contributed by atoms with van der Waals surface area (Å²) < 4.78 is 8.86. The van der Waals surface area contributed by atoms with Gasteiger partial charge in [0.1, 0.15) is 16.8 Å². The Morgan fingerprint density at radius 1 is 1.43 bits per heavy atom. The van der Waals surface area contributed by atoms with Crippen LogP contribution in [0.5, 0.6) is 0 Å². The number of carbonyl (C=O) groups excluding carboxylic acids is 1. The van der Waals surface area contributed by atoms with E-state index in [1.54, 1.807) is 16.8 Å². The lowest BCUT2D eigenvalue weighted by atomic mass is 10.1. The third-order valence-electron chi connectivity index (χ3n) is 5.13. The van der Waals surface area contributed by atoms with Crippen molar-refractivity contribution in [1.82, 2.24) is 19.3 Å². The molecule has 1 amide bonds. The van der Waals surface area contributed by atoms with Gasteiger partial charge in [-0.2, -0.15) is 0 Å². The lowest BCUT2D eigenvalue weighted by molar-refractivity contribution is 0.0934. The number of ether oxygens (including phenoxy) is 1. The van der Waals surface area contributed by atoms with Crippen LogP contribution in [-0.2, 0) is 11.3 Å². The maximum absolute atomic E-state index is 13.2. The molecule has 0 unspecified atom stereocenters. The first-order valence-corrected chi connectivity index (χ1v) is 9.51. The minimum Gasteiger partial charge on any atom is -0.376 e. The molecule has 1 fully saturated rings. The van der Waals surface area contributed by atoms with Gasteiger partial charge in [-0.25, -0.2) is 4.98 Å². The lowest BCUT2D eigenvalue weighted by Gasteiger charge is -2.17. The first-order valence-electron chi connectivity index (χ1n) is 9.51. The van der Waals surface area contributed by atoms with Crippen molar-refractivity contribution in [2.24, 2.45) is 0 Å². The summed E-state index contributed by atoms with van der Waals surface area (Å²) in [5.74, 6) is -0.371. The number of aryl methyl sites for hydroxylation is 1. The molecule has 0 bridgehead atoms. The molecule has 2 N–H and O–H groups in total. The van der Waals surface area contributed by atoms with Crippen LogP contribution >= 0.6 is 0 Å². The second-order valence-corrected chi connectivity index (χ2v) is 7.05. The zero-order chi connectivity index (χ0) is 19.8. The highest BCUT2D eigenvalue weighted by Crippen LogP contribution is 2.17. The molecule has 4 rings (SSSR count). The van der Waals surface area contributed by atoms with Gasteiger partial charge in [0, 0.05) is 19.3 Å². The van der Waals surface area contributed by atoms with E-state index in [0.29, 0.717) is 36.4 Å². The maximum Gasteiger partial charge on any atom is 0.267 e. The van der Waals surface area contributed by atoms with Gasteiger partial charge in [0.2, 0.25) is 0 Å². The van der Waals surface area contributed by atoms with Gasteiger partial charge < -0.3 is 14.6 Å². The Kier molecular flexibility index (Phi) is 4.72. The number of rotatable bonds is 4. The van der Waals surface area contributed by atoms with Gasteiger partial charge in [0.15, 0.2) is 0 Å². The van der Waals surface area contributed by atoms with Gasteiger partial charge in [0.05, 0.1) is 23.6 Å². The van der Waals surface area contributed by atoms with Gasteiger partial charge >= 0.3 is 0 Å². The summed E-state index contributed by atoms with van der Waals surface area (Å²) in [6.07, 6.45) is 3.45. The second-order valence-electron chi connectivity index (χ2n) is 7.05. The monoisotopic (exact) mass is 381 g/mol. The van der Waals surface area contributed by atoms with E-state index in [0.717, 1.165) is 18.4 Å². The molecule has 8 heteroatoms. The predicted octanol–water partition coefficient (Wildman–Crippen LogP) is 1.37. The van der Waals surface area contributed by atoms with Gasteiger partial charge in [-0.15, -0.1) is 0 Å². The van der Waals surface area contributed by atoms with Gasteiger partial charge in [0.25, 0.3) is 11.5 Å². The third-order valence-corrected chi connectivity index (χ3v) is 5.13. The molecule has 4 heterocycles. The quantitative estimate of drug-likeness (QED) is 0.667. The Labute approximate surface area is 161 Å². The number of pyridine rings is 2. The van der Waals surface area contributed by atoms with Crippen molar-refractivity contribution in [3.05, 3.63) is 51.4 Å². The molecule has 1 saturated heterocycles. The van der Waals surface area contributed by atoms with Crippen molar-refractivity contribution in [2.75, 3.05) is 13.2 Å². The van der Waals surface area contributed by atoms with Crippen molar-refractivity contribution >= 4 is 22.6 Å². The fraction of sp³-hybridized carbons (Fsp3) is 0.400. The molecule has 0 aliphatic carbocycles. The fourth-order valence-corrected chi connectivity index (χ4v) is 3.70. The summed E-state index contributed by atoms with van der Waals surface area (Å²) in [5, 5.41) is 11.7. The molecule has 0 spiro atoms. The molecule has 28 heavy (non-hydrogen) atoms. The standard InChI is InChI=1S/C20H23N5O3/c1-3-22-19(26)14-10-15-18(25(16(14)21)11-13-7-5-9-28-13)23-17-12(2)6-4-8-24(17)20(15)27/h4,6,8,10,13,21H,3,5,7,9,11H2,1-2H3,(H,22,26)/t13-/m0/s1. The number of nitrogens with one attached hydrogen (secondary N) is 2. The number of hydrogen-bond donors (Lipinski definition) is 2. The summed E-state index contributed by atoms with van der Waals surface area (Å²) in [5.41, 5.74) is 1.77. The molecular formula is C20H23N5O3. The Balaban J connectivity index is 2.06. The highest BCUT2D eigenvalue weighted by molar-refractivity contribution is 5.96. The van der Waals surface area contributed by atoms with E-state index < -0.39 is 0 Å². The van der Waals surface area contributed by atoms with Crippen LogP contribution < -0.4 is 16.4 Å². The van der Waals surface area contributed by atoms with Crippen LogP contribution in [0.4, 0.5) is 0 Å². The number of carbonyl (C=O) groups is 1. The van der Waals surface area contributed by atoms with E-state index in [1.807, 2.05) is 19.9 Å². The first-order chi connectivity index (χ1) is 13.5. The van der Waals surface area contributed by atoms with E-state index in [1.165, 1.54) is 10.5 Å². The number of nitrogens with zero attached hydrogens (tertiary/aromatic N) is 3. The molecule has 8 nitrogen and oxygen atoms in total. The molecule has 0 radical (unpaired) electrons. The van der Waals surface area contributed by atoms with E-state index in [4.69, 9.17) is 15.1 Å².